The summed E-state index contributed by atoms with van der Waals surface area (Å²) in [5.41, 5.74) is 2.31. The van der Waals surface area contributed by atoms with Crippen LogP contribution in [-0.4, -0.2) is 49.6 Å². The number of piperazine rings is 1. The molecule has 0 radical (unpaired) electrons. The fourth-order valence-electron chi connectivity index (χ4n) is 4.05. The molecule has 2 fully saturated rings. The van der Waals surface area contributed by atoms with Crippen LogP contribution >= 0.6 is 11.6 Å². The second-order valence-electron chi connectivity index (χ2n) is 8.17. The van der Waals surface area contributed by atoms with Crippen molar-refractivity contribution in [2.24, 2.45) is 0 Å². The summed E-state index contributed by atoms with van der Waals surface area (Å²) in [6, 6.07) is 9.02. The van der Waals surface area contributed by atoms with E-state index in [2.05, 4.69) is 25.8 Å². The summed E-state index contributed by atoms with van der Waals surface area (Å²) in [6.45, 7) is 4.05. The first kappa shape index (κ1) is 22.2. The lowest BCUT2D eigenvalue weighted by Gasteiger charge is -2.29. The second kappa shape index (κ2) is 10.5. The second-order valence-corrected chi connectivity index (χ2v) is 8.58. The molecule has 2 aliphatic heterocycles. The molecule has 3 amide bonds. The molecule has 0 bridgehead atoms. The zero-order valence-electron chi connectivity index (χ0n) is 18.1. The molecule has 2 aliphatic rings. The number of carbonyl (C=O) groups is 2. The predicted molar refractivity (Wildman–Crippen MR) is 127 cm³/mol. The minimum Gasteiger partial charge on any atom is -0.359 e. The molecule has 0 spiro atoms. The maximum absolute atomic E-state index is 12.3. The Morgan fingerprint density at radius 3 is 2.56 bits per heavy atom. The minimum absolute atomic E-state index is 0.0251. The van der Waals surface area contributed by atoms with Gasteiger partial charge in [-0.15, -0.1) is 0 Å². The highest BCUT2D eigenvalue weighted by Crippen LogP contribution is 2.29. The van der Waals surface area contributed by atoms with Crippen LogP contribution in [0.3, 0.4) is 0 Å². The summed E-state index contributed by atoms with van der Waals surface area (Å²) in [7, 11) is 0. The van der Waals surface area contributed by atoms with Gasteiger partial charge in [-0.25, -0.2) is 9.78 Å². The van der Waals surface area contributed by atoms with Crippen molar-refractivity contribution in [3.63, 3.8) is 0 Å². The highest BCUT2D eigenvalue weighted by Gasteiger charge is 2.19. The van der Waals surface area contributed by atoms with Crippen LogP contribution in [0.15, 0.2) is 36.5 Å². The van der Waals surface area contributed by atoms with Crippen molar-refractivity contribution >= 4 is 40.7 Å². The van der Waals surface area contributed by atoms with E-state index in [1.54, 1.807) is 12.1 Å². The number of pyridine rings is 1. The Kier molecular flexibility index (Phi) is 7.32. The van der Waals surface area contributed by atoms with Gasteiger partial charge in [-0.3, -0.25) is 4.79 Å². The summed E-state index contributed by atoms with van der Waals surface area (Å²) in [5, 5.41) is 8.93. The fraction of sp³-hybridized carbons (Fsp3) is 0.435. The van der Waals surface area contributed by atoms with Crippen LogP contribution in [0.25, 0.3) is 0 Å². The van der Waals surface area contributed by atoms with Crippen LogP contribution in [0.4, 0.5) is 22.0 Å². The zero-order valence-corrected chi connectivity index (χ0v) is 18.8. The lowest BCUT2D eigenvalue weighted by molar-refractivity contribution is -0.120. The topological polar surface area (TPSA) is 89.6 Å². The van der Waals surface area contributed by atoms with Gasteiger partial charge < -0.3 is 25.8 Å². The highest BCUT2D eigenvalue weighted by atomic mass is 35.5. The summed E-state index contributed by atoms with van der Waals surface area (Å²) < 4.78 is 0. The van der Waals surface area contributed by atoms with E-state index in [1.165, 1.54) is 25.7 Å². The fourth-order valence-corrected chi connectivity index (χ4v) is 4.35. The quantitative estimate of drug-likeness (QED) is 0.641. The predicted octanol–water partition coefficient (Wildman–Crippen LogP) is 3.37. The molecule has 1 aromatic carbocycles. The smallest absolute Gasteiger partial charge is 0.319 e. The van der Waals surface area contributed by atoms with Crippen LogP contribution < -0.4 is 25.8 Å². The number of nitrogens with one attached hydrogen (secondary N) is 3. The number of hydrogen-bond acceptors (Lipinski definition) is 5. The standard InChI is InChI=1S/C23H29ClN6O2/c24-19-13-18(6-7-20(19)30-12-9-25-22(31)16-30)28-23(32)27-15-17-5-8-21(26-14-17)29-10-3-1-2-4-11-29/h5-8,13-14H,1-4,9-12,15-16H2,(H,25,31)(H2,27,28,32). The van der Waals surface area contributed by atoms with Gasteiger partial charge in [-0.05, 0) is 42.7 Å². The van der Waals surface area contributed by atoms with Gasteiger partial charge in [0.25, 0.3) is 0 Å². The zero-order chi connectivity index (χ0) is 22.3. The number of anilines is 3. The lowest BCUT2D eigenvalue weighted by atomic mass is 10.2. The van der Waals surface area contributed by atoms with Crippen LogP contribution in [0.1, 0.15) is 31.2 Å². The Balaban J connectivity index is 1.28. The third-order valence-electron chi connectivity index (χ3n) is 5.78. The molecule has 170 valence electrons. The van der Waals surface area contributed by atoms with Crippen molar-refractivity contribution in [3.8, 4) is 0 Å². The van der Waals surface area contributed by atoms with Gasteiger partial charge >= 0.3 is 6.03 Å². The van der Waals surface area contributed by atoms with Crippen molar-refractivity contribution in [1.82, 2.24) is 15.6 Å². The number of amides is 3. The molecular formula is C23H29ClN6O2. The first-order valence-corrected chi connectivity index (χ1v) is 11.5. The molecule has 3 heterocycles. The van der Waals surface area contributed by atoms with Crippen LogP contribution in [0.2, 0.25) is 5.02 Å². The van der Waals surface area contributed by atoms with Crippen molar-refractivity contribution in [2.75, 3.05) is 47.8 Å². The average molecular weight is 457 g/mol. The van der Waals surface area contributed by atoms with E-state index in [0.717, 1.165) is 30.2 Å². The number of hydrogen-bond donors (Lipinski definition) is 3. The molecule has 0 unspecified atom stereocenters. The van der Waals surface area contributed by atoms with Crippen molar-refractivity contribution in [2.45, 2.75) is 32.2 Å². The van der Waals surface area contributed by atoms with Crippen molar-refractivity contribution in [1.29, 1.82) is 0 Å². The largest absolute Gasteiger partial charge is 0.359 e. The molecule has 3 N–H and O–H groups in total. The number of rotatable bonds is 5. The average Bonchev–Trinajstić information content (AvgIpc) is 3.08. The summed E-state index contributed by atoms with van der Waals surface area (Å²) >= 11 is 6.40. The van der Waals surface area contributed by atoms with Gasteiger partial charge in [0.2, 0.25) is 5.91 Å². The highest BCUT2D eigenvalue weighted by molar-refractivity contribution is 6.33. The van der Waals surface area contributed by atoms with Gasteiger partial charge in [0, 0.05) is 44.6 Å². The van der Waals surface area contributed by atoms with E-state index in [0.29, 0.717) is 30.3 Å². The number of halogens is 1. The Morgan fingerprint density at radius 1 is 1.06 bits per heavy atom. The lowest BCUT2D eigenvalue weighted by Crippen LogP contribution is -2.47. The molecule has 8 nitrogen and oxygen atoms in total. The van der Waals surface area contributed by atoms with E-state index < -0.39 is 0 Å². The monoisotopic (exact) mass is 456 g/mol. The third kappa shape index (κ3) is 5.82. The molecular weight excluding hydrogens is 428 g/mol. The Morgan fingerprint density at radius 2 is 1.88 bits per heavy atom. The maximum atomic E-state index is 12.3. The van der Waals surface area contributed by atoms with Crippen LogP contribution in [-0.2, 0) is 11.3 Å². The SMILES string of the molecule is O=C1CN(c2ccc(NC(=O)NCc3ccc(N4CCCCCC4)nc3)cc2Cl)CCN1. The maximum Gasteiger partial charge on any atom is 0.319 e. The first-order valence-electron chi connectivity index (χ1n) is 11.1. The number of benzene rings is 1. The van der Waals surface area contributed by atoms with E-state index in [-0.39, 0.29) is 18.5 Å². The first-order chi connectivity index (χ1) is 15.6. The third-order valence-corrected chi connectivity index (χ3v) is 6.08. The molecule has 9 heteroatoms. The van der Waals surface area contributed by atoms with Gasteiger partial charge in [0.05, 0.1) is 17.3 Å². The van der Waals surface area contributed by atoms with E-state index in [1.807, 2.05) is 29.3 Å². The molecule has 1 aromatic heterocycles. The molecule has 0 saturated carbocycles. The van der Waals surface area contributed by atoms with E-state index in [4.69, 9.17) is 11.6 Å². The summed E-state index contributed by atoms with van der Waals surface area (Å²) in [6.07, 6.45) is 6.82. The molecule has 2 saturated heterocycles. The number of aromatic nitrogens is 1. The molecule has 32 heavy (non-hydrogen) atoms. The summed E-state index contributed by atoms with van der Waals surface area (Å²) in [5.74, 6) is 0.976. The molecule has 2 aromatic rings. The van der Waals surface area contributed by atoms with Gasteiger partial charge in [-0.2, -0.15) is 0 Å². The molecule has 4 rings (SSSR count). The van der Waals surface area contributed by atoms with Gasteiger partial charge in [0.15, 0.2) is 0 Å². The molecule has 0 aliphatic carbocycles. The van der Waals surface area contributed by atoms with Crippen LogP contribution in [0, 0.1) is 0 Å². The molecule has 0 atom stereocenters. The minimum atomic E-state index is -0.317. The van der Waals surface area contributed by atoms with Gasteiger partial charge in [0.1, 0.15) is 5.82 Å². The number of nitrogens with zero attached hydrogens (tertiary/aromatic N) is 3. The Labute approximate surface area is 193 Å². The van der Waals surface area contributed by atoms with Gasteiger partial charge in [-0.1, -0.05) is 30.5 Å². The van der Waals surface area contributed by atoms with E-state index >= 15 is 0 Å². The Hall–Kier alpha value is -3.00. The van der Waals surface area contributed by atoms with Crippen molar-refractivity contribution < 1.29 is 9.59 Å². The van der Waals surface area contributed by atoms with E-state index in [9.17, 15) is 9.59 Å². The normalized spacial score (nSPS) is 16.8. The summed E-state index contributed by atoms with van der Waals surface area (Å²) in [4.78, 5) is 32.8. The number of carbonyl (C=O) groups excluding carboxylic acids is 2. The Bertz CT molecular complexity index is 944. The van der Waals surface area contributed by atoms with Crippen molar-refractivity contribution in [3.05, 3.63) is 47.1 Å². The van der Waals surface area contributed by atoms with Crippen LogP contribution in [0.5, 0.6) is 0 Å². The number of urea groups is 1.